The van der Waals surface area contributed by atoms with Gasteiger partial charge >= 0.3 is 0 Å². The first kappa shape index (κ1) is 18.0. The number of carbonyl (C=O) groups is 1. The van der Waals surface area contributed by atoms with E-state index in [9.17, 15) is 22.0 Å². The molecule has 0 unspecified atom stereocenters. The Bertz CT molecular complexity index is 896. The van der Waals surface area contributed by atoms with Crippen molar-refractivity contribution in [2.24, 2.45) is 0 Å². The van der Waals surface area contributed by atoms with Gasteiger partial charge in [0.2, 0.25) is 10.0 Å². The Hall–Kier alpha value is -2.32. The minimum absolute atomic E-state index is 0.181. The zero-order valence-electron chi connectivity index (χ0n) is 13.3. The maximum absolute atomic E-state index is 13.9. The SMILES string of the molecule is Cc1ccc(F)cc1NC(=O)c1cc(S(=O)(=O)N(C)C)ccc1F. The van der Waals surface area contributed by atoms with Crippen LogP contribution in [-0.2, 0) is 10.0 Å². The summed E-state index contributed by atoms with van der Waals surface area (Å²) in [5, 5.41) is 2.39. The number of hydrogen-bond donors (Lipinski definition) is 1. The molecule has 0 saturated heterocycles. The van der Waals surface area contributed by atoms with Gasteiger partial charge in [-0.05, 0) is 42.8 Å². The molecule has 0 heterocycles. The van der Waals surface area contributed by atoms with Crippen molar-refractivity contribution in [3.05, 3.63) is 59.2 Å². The second kappa shape index (κ2) is 6.66. The maximum Gasteiger partial charge on any atom is 0.258 e. The molecule has 0 aliphatic heterocycles. The van der Waals surface area contributed by atoms with E-state index in [0.717, 1.165) is 28.6 Å². The van der Waals surface area contributed by atoms with E-state index in [2.05, 4.69) is 5.32 Å². The molecule has 0 atom stereocenters. The van der Waals surface area contributed by atoms with Gasteiger partial charge in [0.25, 0.3) is 5.91 Å². The van der Waals surface area contributed by atoms with Crippen molar-refractivity contribution in [2.45, 2.75) is 11.8 Å². The van der Waals surface area contributed by atoms with Gasteiger partial charge < -0.3 is 5.32 Å². The van der Waals surface area contributed by atoms with Crippen molar-refractivity contribution in [3.63, 3.8) is 0 Å². The van der Waals surface area contributed by atoms with E-state index in [0.29, 0.717) is 5.56 Å². The third-order valence-electron chi connectivity index (χ3n) is 3.41. The normalized spacial score (nSPS) is 11.6. The maximum atomic E-state index is 13.9. The van der Waals surface area contributed by atoms with Crippen LogP contribution in [0, 0.1) is 18.6 Å². The number of halogens is 2. The molecule has 0 spiro atoms. The Balaban J connectivity index is 2.41. The largest absolute Gasteiger partial charge is 0.322 e. The zero-order valence-corrected chi connectivity index (χ0v) is 14.1. The highest BCUT2D eigenvalue weighted by atomic mass is 32.2. The monoisotopic (exact) mass is 354 g/mol. The van der Waals surface area contributed by atoms with Crippen LogP contribution < -0.4 is 5.32 Å². The number of rotatable bonds is 4. The summed E-state index contributed by atoms with van der Waals surface area (Å²) in [6.07, 6.45) is 0. The minimum Gasteiger partial charge on any atom is -0.322 e. The average Bonchev–Trinajstić information content (AvgIpc) is 2.50. The minimum atomic E-state index is -3.81. The molecule has 24 heavy (non-hydrogen) atoms. The lowest BCUT2D eigenvalue weighted by Gasteiger charge is -2.13. The summed E-state index contributed by atoms with van der Waals surface area (Å²) in [6, 6.07) is 6.74. The highest BCUT2D eigenvalue weighted by Crippen LogP contribution is 2.21. The fourth-order valence-electron chi connectivity index (χ4n) is 1.97. The molecule has 2 rings (SSSR count). The lowest BCUT2D eigenvalue weighted by molar-refractivity contribution is 0.102. The lowest BCUT2D eigenvalue weighted by Crippen LogP contribution is -2.23. The average molecular weight is 354 g/mol. The first-order chi connectivity index (χ1) is 11.1. The highest BCUT2D eigenvalue weighted by Gasteiger charge is 2.21. The fraction of sp³-hybridized carbons (Fsp3) is 0.188. The Morgan fingerprint density at radius 2 is 1.75 bits per heavy atom. The summed E-state index contributed by atoms with van der Waals surface area (Å²) in [5.74, 6) is -2.29. The number of hydrogen-bond acceptors (Lipinski definition) is 3. The number of aryl methyl sites for hydroxylation is 1. The number of benzene rings is 2. The Kier molecular flexibility index (Phi) is 5.00. The van der Waals surface area contributed by atoms with Crippen molar-refractivity contribution in [1.82, 2.24) is 4.31 Å². The van der Waals surface area contributed by atoms with Crippen LogP contribution in [0.5, 0.6) is 0 Å². The van der Waals surface area contributed by atoms with E-state index in [1.165, 1.54) is 26.2 Å². The fourth-order valence-corrected chi connectivity index (χ4v) is 2.90. The van der Waals surface area contributed by atoms with Crippen LogP contribution in [0.2, 0.25) is 0 Å². The lowest BCUT2D eigenvalue weighted by atomic mass is 10.1. The summed E-state index contributed by atoms with van der Waals surface area (Å²) >= 11 is 0. The molecule has 1 amide bonds. The van der Waals surface area contributed by atoms with Crippen LogP contribution in [0.25, 0.3) is 0 Å². The van der Waals surface area contributed by atoms with Gasteiger partial charge in [-0.1, -0.05) is 6.07 Å². The van der Waals surface area contributed by atoms with Crippen molar-refractivity contribution < 1.29 is 22.0 Å². The van der Waals surface area contributed by atoms with E-state index in [1.54, 1.807) is 6.92 Å². The van der Waals surface area contributed by atoms with E-state index in [4.69, 9.17) is 0 Å². The zero-order chi connectivity index (χ0) is 18.1. The number of carbonyl (C=O) groups excluding carboxylic acids is 1. The van der Waals surface area contributed by atoms with Gasteiger partial charge in [0.1, 0.15) is 11.6 Å². The number of sulfonamides is 1. The molecule has 0 aromatic heterocycles. The molecule has 5 nitrogen and oxygen atoms in total. The van der Waals surface area contributed by atoms with Gasteiger partial charge in [-0.3, -0.25) is 4.79 Å². The standard InChI is InChI=1S/C16H16F2N2O3S/c1-10-4-5-11(17)8-15(10)19-16(21)13-9-12(6-7-14(13)18)24(22,23)20(2)3/h4-9H,1-3H3,(H,19,21). The van der Waals surface area contributed by atoms with Crippen LogP contribution in [-0.4, -0.2) is 32.7 Å². The second-order valence-corrected chi connectivity index (χ2v) is 7.49. The molecular weight excluding hydrogens is 338 g/mol. The van der Waals surface area contributed by atoms with Crippen molar-refractivity contribution >= 4 is 21.6 Å². The van der Waals surface area contributed by atoms with E-state index >= 15 is 0 Å². The van der Waals surface area contributed by atoms with Crippen molar-refractivity contribution in [3.8, 4) is 0 Å². The van der Waals surface area contributed by atoms with Crippen LogP contribution in [0.15, 0.2) is 41.3 Å². The van der Waals surface area contributed by atoms with E-state index in [-0.39, 0.29) is 10.6 Å². The summed E-state index contributed by atoms with van der Waals surface area (Å²) < 4.78 is 52.4. The van der Waals surface area contributed by atoms with Crippen molar-refractivity contribution in [1.29, 1.82) is 0 Å². The quantitative estimate of drug-likeness (QED) is 0.918. The molecule has 0 bridgehead atoms. The van der Waals surface area contributed by atoms with Gasteiger partial charge in [-0.15, -0.1) is 0 Å². The molecule has 0 radical (unpaired) electrons. The first-order valence-electron chi connectivity index (χ1n) is 6.92. The van der Waals surface area contributed by atoms with E-state index in [1.807, 2.05) is 0 Å². The van der Waals surface area contributed by atoms with Crippen molar-refractivity contribution in [2.75, 3.05) is 19.4 Å². The number of nitrogens with zero attached hydrogens (tertiary/aromatic N) is 1. The topological polar surface area (TPSA) is 66.5 Å². The number of nitrogens with one attached hydrogen (secondary N) is 1. The predicted octanol–water partition coefficient (Wildman–Crippen LogP) is 2.78. The van der Waals surface area contributed by atoms with Gasteiger partial charge in [0.05, 0.1) is 10.5 Å². The molecule has 1 N–H and O–H groups in total. The number of anilines is 1. The summed E-state index contributed by atoms with van der Waals surface area (Å²) in [6.45, 7) is 1.65. The third-order valence-corrected chi connectivity index (χ3v) is 5.22. The summed E-state index contributed by atoms with van der Waals surface area (Å²) in [4.78, 5) is 12.1. The summed E-state index contributed by atoms with van der Waals surface area (Å²) in [7, 11) is -1.15. The van der Waals surface area contributed by atoms with Crippen LogP contribution in [0.1, 0.15) is 15.9 Å². The smallest absolute Gasteiger partial charge is 0.258 e. The molecule has 128 valence electrons. The molecule has 2 aromatic rings. The van der Waals surface area contributed by atoms with Gasteiger partial charge in [-0.2, -0.15) is 0 Å². The molecule has 0 saturated carbocycles. The van der Waals surface area contributed by atoms with Gasteiger partial charge in [0.15, 0.2) is 0 Å². The molecule has 8 heteroatoms. The molecule has 0 aliphatic carbocycles. The summed E-state index contributed by atoms with van der Waals surface area (Å²) in [5.41, 5.74) is 0.323. The molecular formula is C16H16F2N2O3S. The Morgan fingerprint density at radius 1 is 1.08 bits per heavy atom. The van der Waals surface area contributed by atoms with Crippen LogP contribution in [0.4, 0.5) is 14.5 Å². The number of amides is 1. The second-order valence-electron chi connectivity index (χ2n) is 5.34. The van der Waals surface area contributed by atoms with Gasteiger partial charge in [-0.25, -0.2) is 21.5 Å². The van der Waals surface area contributed by atoms with Crippen LogP contribution in [0.3, 0.4) is 0 Å². The molecule has 2 aromatic carbocycles. The predicted molar refractivity (Wildman–Crippen MR) is 86.4 cm³/mol. The molecule has 0 aliphatic rings. The van der Waals surface area contributed by atoms with E-state index < -0.39 is 33.1 Å². The Morgan fingerprint density at radius 3 is 2.38 bits per heavy atom. The molecule has 0 fully saturated rings. The Labute approximate surface area is 139 Å². The first-order valence-corrected chi connectivity index (χ1v) is 8.36. The van der Waals surface area contributed by atoms with Gasteiger partial charge in [0, 0.05) is 19.8 Å². The third kappa shape index (κ3) is 3.60. The van der Waals surface area contributed by atoms with Crippen LogP contribution >= 0.6 is 0 Å². The highest BCUT2D eigenvalue weighted by molar-refractivity contribution is 7.89.